The Morgan fingerprint density at radius 3 is 2.65 bits per heavy atom. The molecule has 5 nitrogen and oxygen atoms in total. The normalized spacial score (nSPS) is 10.6. The summed E-state index contributed by atoms with van der Waals surface area (Å²) in [5.74, 6) is -1.43. The van der Waals surface area contributed by atoms with Crippen molar-refractivity contribution in [2.75, 3.05) is 18.5 Å². The first-order valence-electron chi connectivity index (χ1n) is 5.94. The number of hydrogen-bond acceptors (Lipinski definition) is 3. The van der Waals surface area contributed by atoms with Gasteiger partial charge in [0.05, 0.1) is 19.4 Å². The van der Waals surface area contributed by atoms with E-state index in [1.54, 1.807) is 24.3 Å². The Morgan fingerprint density at radius 1 is 1.30 bits per heavy atom. The molecule has 0 fully saturated rings. The van der Waals surface area contributed by atoms with Crippen LogP contribution in [0.15, 0.2) is 24.3 Å². The molecule has 0 atom stereocenters. The molecule has 0 aliphatic carbocycles. The zero-order valence-corrected chi connectivity index (χ0v) is 10.6. The van der Waals surface area contributed by atoms with E-state index in [0.717, 1.165) is 0 Å². The molecule has 0 spiro atoms. The van der Waals surface area contributed by atoms with E-state index < -0.39 is 24.9 Å². The Bertz CT molecular complexity index is 465. The van der Waals surface area contributed by atoms with Crippen LogP contribution >= 0.6 is 0 Å². The second-order valence-corrected chi connectivity index (χ2v) is 3.99. The number of nitrogens with one attached hydrogen (secondary N) is 1. The van der Waals surface area contributed by atoms with Gasteiger partial charge in [-0.05, 0) is 11.6 Å². The lowest BCUT2D eigenvalue weighted by Crippen LogP contribution is -2.17. The van der Waals surface area contributed by atoms with Gasteiger partial charge in [0.2, 0.25) is 5.91 Å². The maximum absolute atomic E-state index is 11.8. The molecule has 0 bridgehead atoms. The minimum absolute atomic E-state index is 0.0753. The van der Waals surface area contributed by atoms with Gasteiger partial charge in [0.25, 0.3) is 6.43 Å². The van der Waals surface area contributed by atoms with E-state index in [2.05, 4.69) is 10.1 Å². The molecule has 0 radical (unpaired) electrons. The van der Waals surface area contributed by atoms with Gasteiger partial charge in [0, 0.05) is 5.69 Å². The first kappa shape index (κ1) is 16.0. The van der Waals surface area contributed by atoms with Gasteiger partial charge >= 0.3 is 5.97 Å². The van der Waals surface area contributed by atoms with Crippen LogP contribution in [0.4, 0.5) is 14.5 Å². The molecule has 0 heterocycles. The van der Waals surface area contributed by atoms with E-state index in [1.165, 1.54) is 0 Å². The van der Waals surface area contributed by atoms with Gasteiger partial charge in [-0.2, -0.15) is 0 Å². The number of carboxylic acids is 1. The minimum Gasteiger partial charge on any atom is -0.481 e. The molecule has 1 rings (SSSR count). The Hall–Kier alpha value is -2.02. The molecule has 1 aromatic rings. The maximum atomic E-state index is 11.8. The number of carboxylic acid groups (broad SMARTS) is 1. The molecule has 0 aliphatic heterocycles. The number of carbonyl (C=O) groups is 2. The SMILES string of the molecule is O=C(O)Cc1ccccc1NC(=O)CCOCC(F)F. The zero-order chi connectivity index (χ0) is 15.0. The first-order chi connectivity index (χ1) is 9.49. The number of anilines is 1. The van der Waals surface area contributed by atoms with E-state index in [9.17, 15) is 18.4 Å². The molecule has 0 unspecified atom stereocenters. The topological polar surface area (TPSA) is 75.6 Å². The third kappa shape index (κ3) is 6.24. The quantitative estimate of drug-likeness (QED) is 0.716. The van der Waals surface area contributed by atoms with Crippen molar-refractivity contribution in [3.63, 3.8) is 0 Å². The summed E-state index contributed by atoms with van der Waals surface area (Å²) in [7, 11) is 0. The summed E-state index contributed by atoms with van der Waals surface area (Å²) in [6.45, 7) is -0.819. The van der Waals surface area contributed by atoms with Crippen molar-refractivity contribution in [1.82, 2.24) is 0 Å². The lowest BCUT2D eigenvalue weighted by molar-refractivity contribution is -0.136. The number of hydrogen-bond donors (Lipinski definition) is 2. The van der Waals surface area contributed by atoms with Crippen LogP contribution < -0.4 is 5.32 Å². The average Bonchev–Trinajstić information content (AvgIpc) is 2.36. The smallest absolute Gasteiger partial charge is 0.307 e. The summed E-state index contributed by atoms with van der Waals surface area (Å²) in [5.41, 5.74) is 0.871. The number of rotatable bonds is 8. The monoisotopic (exact) mass is 287 g/mol. The van der Waals surface area contributed by atoms with E-state index in [0.29, 0.717) is 11.3 Å². The number of carbonyl (C=O) groups excluding carboxylic acids is 1. The van der Waals surface area contributed by atoms with Gasteiger partial charge in [-0.15, -0.1) is 0 Å². The molecule has 0 aliphatic rings. The zero-order valence-electron chi connectivity index (χ0n) is 10.6. The summed E-state index contributed by atoms with van der Waals surface area (Å²) in [5, 5.41) is 11.3. The minimum atomic E-state index is -2.56. The number of halogens is 2. The highest BCUT2D eigenvalue weighted by Crippen LogP contribution is 2.15. The fourth-order valence-electron chi connectivity index (χ4n) is 1.51. The standard InChI is InChI=1S/C13H15F2NO4/c14-11(15)8-20-6-5-12(17)16-10-4-2-1-3-9(10)7-13(18)19/h1-4,11H,5-8H2,(H,16,17)(H,18,19). The average molecular weight is 287 g/mol. The van der Waals surface area contributed by atoms with Crippen LogP contribution in [0, 0.1) is 0 Å². The summed E-state index contributed by atoms with van der Waals surface area (Å²) in [6.07, 6.45) is -2.85. The van der Waals surface area contributed by atoms with Gasteiger partial charge in [-0.1, -0.05) is 18.2 Å². The molecule has 20 heavy (non-hydrogen) atoms. The number of alkyl halides is 2. The van der Waals surface area contributed by atoms with Gasteiger partial charge in [-0.25, -0.2) is 8.78 Å². The lowest BCUT2D eigenvalue weighted by Gasteiger charge is -2.09. The highest BCUT2D eigenvalue weighted by molar-refractivity contribution is 5.92. The highest BCUT2D eigenvalue weighted by Gasteiger charge is 2.09. The van der Waals surface area contributed by atoms with Crippen molar-refractivity contribution < 1.29 is 28.2 Å². The Labute approximate surface area is 114 Å². The summed E-state index contributed by atoms with van der Waals surface area (Å²) in [6, 6.07) is 6.50. The predicted octanol–water partition coefficient (Wildman–Crippen LogP) is 1.92. The number of benzene rings is 1. The van der Waals surface area contributed by atoms with Crippen LogP contribution in [-0.2, 0) is 20.7 Å². The Morgan fingerprint density at radius 2 is 2.00 bits per heavy atom. The van der Waals surface area contributed by atoms with Crippen molar-refractivity contribution in [1.29, 1.82) is 0 Å². The van der Waals surface area contributed by atoms with Gasteiger partial charge in [0.1, 0.15) is 6.61 Å². The van der Waals surface area contributed by atoms with Crippen molar-refractivity contribution in [3.05, 3.63) is 29.8 Å². The van der Waals surface area contributed by atoms with Gasteiger partial charge in [0.15, 0.2) is 0 Å². The molecule has 0 saturated carbocycles. The second-order valence-electron chi connectivity index (χ2n) is 3.99. The molecule has 7 heteroatoms. The summed E-state index contributed by atoms with van der Waals surface area (Å²) >= 11 is 0. The van der Waals surface area contributed by atoms with E-state index in [-0.39, 0.29) is 19.4 Å². The summed E-state index contributed by atoms with van der Waals surface area (Å²) < 4.78 is 28.2. The fourth-order valence-corrected chi connectivity index (χ4v) is 1.51. The van der Waals surface area contributed by atoms with Crippen LogP contribution in [0.5, 0.6) is 0 Å². The van der Waals surface area contributed by atoms with Crippen LogP contribution in [0.2, 0.25) is 0 Å². The molecule has 1 amide bonds. The number of ether oxygens (including phenoxy) is 1. The largest absolute Gasteiger partial charge is 0.481 e. The van der Waals surface area contributed by atoms with E-state index in [4.69, 9.17) is 5.11 Å². The molecular formula is C13H15F2NO4. The maximum Gasteiger partial charge on any atom is 0.307 e. The van der Waals surface area contributed by atoms with Crippen molar-refractivity contribution >= 4 is 17.6 Å². The van der Waals surface area contributed by atoms with Crippen molar-refractivity contribution in [2.24, 2.45) is 0 Å². The van der Waals surface area contributed by atoms with Crippen LogP contribution in [0.25, 0.3) is 0 Å². The third-order valence-electron chi connectivity index (χ3n) is 2.35. The summed E-state index contributed by atoms with van der Waals surface area (Å²) in [4.78, 5) is 22.2. The molecule has 2 N–H and O–H groups in total. The Kier molecular flexibility index (Phi) is 6.58. The number of para-hydroxylation sites is 1. The van der Waals surface area contributed by atoms with E-state index in [1.807, 2.05) is 0 Å². The highest BCUT2D eigenvalue weighted by atomic mass is 19.3. The molecule has 0 saturated heterocycles. The van der Waals surface area contributed by atoms with Crippen LogP contribution in [0.1, 0.15) is 12.0 Å². The predicted molar refractivity (Wildman–Crippen MR) is 67.9 cm³/mol. The van der Waals surface area contributed by atoms with Gasteiger partial charge in [-0.3, -0.25) is 9.59 Å². The van der Waals surface area contributed by atoms with Crippen LogP contribution in [-0.4, -0.2) is 36.6 Å². The van der Waals surface area contributed by atoms with Crippen molar-refractivity contribution in [2.45, 2.75) is 19.3 Å². The number of amides is 1. The molecular weight excluding hydrogens is 272 g/mol. The van der Waals surface area contributed by atoms with E-state index >= 15 is 0 Å². The molecule has 1 aromatic carbocycles. The van der Waals surface area contributed by atoms with Crippen LogP contribution in [0.3, 0.4) is 0 Å². The molecule has 110 valence electrons. The number of aliphatic carboxylic acids is 1. The second kappa shape index (κ2) is 8.21. The first-order valence-corrected chi connectivity index (χ1v) is 5.94. The Balaban J connectivity index is 2.47. The third-order valence-corrected chi connectivity index (χ3v) is 2.35. The molecule has 0 aromatic heterocycles. The van der Waals surface area contributed by atoms with Gasteiger partial charge < -0.3 is 15.2 Å². The fraction of sp³-hybridized carbons (Fsp3) is 0.385. The lowest BCUT2D eigenvalue weighted by atomic mass is 10.1. The van der Waals surface area contributed by atoms with Crippen molar-refractivity contribution in [3.8, 4) is 0 Å².